The summed E-state index contributed by atoms with van der Waals surface area (Å²) in [4.78, 5) is 2.49. The first-order valence-electron chi connectivity index (χ1n) is 7.84. The molecule has 0 bridgehead atoms. The minimum absolute atomic E-state index is 0.606. The second kappa shape index (κ2) is 8.26. The lowest BCUT2D eigenvalue weighted by molar-refractivity contribution is 0.191. The van der Waals surface area contributed by atoms with E-state index in [1.54, 1.807) is 6.07 Å². The maximum absolute atomic E-state index is 9.10. The van der Waals surface area contributed by atoms with Gasteiger partial charge in [-0.15, -0.1) is 0 Å². The number of nitrogens with zero attached hydrogens (tertiary/aromatic N) is 2. The van der Waals surface area contributed by atoms with Crippen molar-refractivity contribution in [3.8, 4) is 6.07 Å². The van der Waals surface area contributed by atoms with Gasteiger partial charge in [0.05, 0.1) is 11.3 Å². The molecule has 3 nitrogen and oxygen atoms in total. The Bertz CT molecular complexity index is 489. The van der Waals surface area contributed by atoms with Crippen LogP contribution in [0.3, 0.4) is 0 Å². The van der Waals surface area contributed by atoms with Gasteiger partial charge in [0.2, 0.25) is 0 Å². The van der Waals surface area contributed by atoms with Gasteiger partial charge in [0, 0.05) is 17.6 Å². The maximum Gasteiger partial charge on any atom is 0.101 e. The molecule has 1 aliphatic carbocycles. The van der Waals surface area contributed by atoms with Crippen molar-refractivity contribution in [1.29, 1.82) is 5.26 Å². The summed E-state index contributed by atoms with van der Waals surface area (Å²) < 4.78 is 0. The Balaban J connectivity index is 1.73. The van der Waals surface area contributed by atoms with Gasteiger partial charge in [-0.25, -0.2) is 0 Å². The molecule has 0 radical (unpaired) electrons. The third-order valence-electron chi connectivity index (χ3n) is 4.30. The monoisotopic (exact) mass is 305 g/mol. The van der Waals surface area contributed by atoms with Crippen molar-refractivity contribution >= 4 is 17.3 Å². The summed E-state index contributed by atoms with van der Waals surface area (Å²) in [6.45, 7) is 1.99. The molecule has 1 aromatic rings. The van der Waals surface area contributed by atoms with Crippen LogP contribution in [-0.4, -0.2) is 31.1 Å². The fraction of sp³-hybridized carbons (Fsp3) is 0.588. The van der Waals surface area contributed by atoms with E-state index < -0.39 is 0 Å². The number of hydrogen-bond donors (Lipinski definition) is 1. The van der Waals surface area contributed by atoms with Gasteiger partial charge >= 0.3 is 0 Å². The van der Waals surface area contributed by atoms with E-state index in [0.29, 0.717) is 10.6 Å². The fourth-order valence-corrected chi connectivity index (χ4v) is 3.19. The average Bonchev–Trinajstić information content (AvgIpc) is 2.53. The zero-order chi connectivity index (χ0) is 15.1. The molecule has 4 heteroatoms. The molecule has 1 aromatic carbocycles. The van der Waals surface area contributed by atoms with Crippen molar-refractivity contribution in [3.63, 3.8) is 0 Å². The summed E-state index contributed by atoms with van der Waals surface area (Å²) in [5.74, 6) is 0. The Morgan fingerprint density at radius 3 is 2.81 bits per heavy atom. The van der Waals surface area contributed by atoms with Gasteiger partial charge in [0.25, 0.3) is 0 Å². The predicted octanol–water partition coefficient (Wildman–Crippen LogP) is 4.28. The lowest BCUT2D eigenvalue weighted by Crippen LogP contribution is -2.34. The van der Waals surface area contributed by atoms with Crippen LogP contribution in [0.1, 0.15) is 44.1 Å². The zero-order valence-corrected chi connectivity index (χ0v) is 13.5. The van der Waals surface area contributed by atoms with Crippen LogP contribution in [-0.2, 0) is 0 Å². The lowest BCUT2D eigenvalue weighted by atomic mass is 9.94. The van der Waals surface area contributed by atoms with E-state index in [0.717, 1.165) is 31.2 Å². The SMILES string of the molecule is CN(CCCNc1ccc(Cl)cc1C#N)C1CCCCC1. The first kappa shape index (κ1) is 16.1. The van der Waals surface area contributed by atoms with Crippen molar-refractivity contribution in [2.24, 2.45) is 0 Å². The fourth-order valence-electron chi connectivity index (χ4n) is 3.02. The molecule has 1 saturated carbocycles. The highest BCUT2D eigenvalue weighted by molar-refractivity contribution is 6.30. The standard InChI is InChI=1S/C17H24ClN3/c1-21(16-6-3-2-4-7-16)11-5-10-20-17-9-8-15(18)12-14(17)13-19/h8-9,12,16,20H,2-7,10-11H2,1H3. The summed E-state index contributed by atoms with van der Waals surface area (Å²) in [5, 5.41) is 13.0. The summed E-state index contributed by atoms with van der Waals surface area (Å²) in [6, 6.07) is 8.35. The summed E-state index contributed by atoms with van der Waals surface area (Å²) in [6.07, 6.45) is 7.94. The van der Waals surface area contributed by atoms with Crippen molar-refractivity contribution in [2.45, 2.75) is 44.6 Å². The molecule has 0 spiro atoms. The number of nitrogens with one attached hydrogen (secondary N) is 1. The molecule has 0 unspecified atom stereocenters. The number of rotatable bonds is 6. The number of hydrogen-bond acceptors (Lipinski definition) is 3. The van der Waals surface area contributed by atoms with Crippen LogP contribution in [0.4, 0.5) is 5.69 Å². The van der Waals surface area contributed by atoms with Gasteiger partial charge in [0.1, 0.15) is 6.07 Å². The Morgan fingerprint density at radius 2 is 2.10 bits per heavy atom. The van der Waals surface area contributed by atoms with Crippen LogP contribution in [0.2, 0.25) is 5.02 Å². The van der Waals surface area contributed by atoms with Crippen LogP contribution in [0.15, 0.2) is 18.2 Å². The van der Waals surface area contributed by atoms with Crippen LogP contribution in [0.5, 0.6) is 0 Å². The second-order valence-corrected chi connectivity index (χ2v) is 6.29. The highest BCUT2D eigenvalue weighted by Gasteiger charge is 2.17. The first-order valence-corrected chi connectivity index (χ1v) is 8.22. The maximum atomic E-state index is 9.10. The second-order valence-electron chi connectivity index (χ2n) is 5.85. The van der Waals surface area contributed by atoms with Crippen molar-refractivity contribution in [1.82, 2.24) is 4.90 Å². The van der Waals surface area contributed by atoms with Gasteiger partial charge in [0.15, 0.2) is 0 Å². The molecule has 0 saturated heterocycles. The lowest BCUT2D eigenvalue weighted by Gasteiger charge is -2.31. The number of anilines is 1. The summed E-state index contributed by atoms with van der Waals surface area (Å²) in [7, 11) is 2.24. The van der Waals surface area contributed by atoms with Gasteiger partial charge in [-0.1, -0.05) is 30.9 Å². The highest BCUT2D eigenvalue weighted by atomic mass is 35.5. The highest BCUT2D eigenvalue weighted by Crippen LogP contribution is 2.22. The Morgan fingerprint density at radius 1 is 1.33 bits per heavy atom. The van der Waals surface area contributed by atoms with Crippen LogP contribution >= 0.6 is 11.6 Å². The number of nitriles is 1. The Labute approximate surface area is 132 Å². The summed E-state index contributed by atoms with van der Waals surface area (Å²) in [5.41, 5.74) is 1.49. The average molecular weight is 306 g/mol. The largest absolute Gasteiger partial charge is 0.384 e. The number of benzene rings is 1. The topological polar surface area (TPSA) is 39.1 Å². The molecule has 1 aliphatic rings. The van der Waals surface area contributed by atoms with E-state index in [9.17, 15) is 0 Å². The molecule has 1 fully saturated rings. The molecule has 0 heterocycles. The van der Waals surface area contributed by atoms with Crippen LogP contribution in [0.25, 0.3) is 0 Å². The molecular formula is C17H24ClN3. The van der Waals surface area contributed by atoms with Gasteiger partial charge in [-0.05, 0) is 51.1 Å². The molecule has 114 valence electrons. The third-order valence-corrected chi connectivity index (χ3v) is 4.54. The van der Waals surface area contributed by atoms with E-state index in [-0.39, 0.29) is 0 Å². The van der Waals surface area contributed by atoms with Gasteiger partial charge in [-0.2, -0.15) is 5.26 Å². The quantitative estimate of drug-likeness (QED) is 0.797. The van der Waals surface area contributed by atoms with E-state index in [4.69, 9.17) is 16.9 Å². The minimum atomic E-state index is 0.606. The van der Waals surface area contributed by atoms with Crippen molar-refractivity contribution < 1.29 is 0 Å². The van der Waals surface area contributed by atoms with Crippen molar-refractivity contribution in [3.05, 3.63) is 28.8 Å². The van der Waals surface area contributed by atoms with Crippen LogP contribution < -0.4 is 5.32 Å². The third kappa shape index (κ3) is 4.91. The Hall–Kier alpha value is -1.24. The minimum Gasteiger partial charge on any atom is -0.384 e. The molecule has 1 N–H and O–H groups in total. The zero-order valence-electron chi connectivity index (χ0n) is 12.7. The Kier molecular flexibility index (Phi) is 6.35. The van der Waals surface area contributed by atoms with E-state index in [1.807, 2.05) is 12.1 Å². The number of halogens is 1. The normalized spacial score (nSPS) is 15.9. The molecule has 0 atom stereocenters. The molecule has 0 amide bonds. The van der Waals surface area contributed by atoms with Crippen LogP contribution in [0, 0.1) is 11.3 Å². The molecule has 0 aliphatic heterocycles. The smallest absolute Gasteiger partial charge is 0.101 e. The van der Waals surface area contributed by atoms with Crippen molar-refractivity contribution in [2.75, 3.05) is 25.5 Å². The molecule has 21 heavy (non-hydrogen) atoms. The van der Waals surface area contributed by atoms with Gasteiger partial charge < -0.3 is 10.2 Å². The summed E-state index contributed by atoms with van der Waals surface area (Å²) >= 11 is 5.90. The van der Waals surface area contributed by atoms with Gasteiger partial charge in [-0.3, -0.25) is 0 Å². The predicted molar refractivity (Wildman–Crippen MR) is 88.8 cm³/mol. The first-order chi connectivity index (χ1) is 10.2. The van der Waals surface area contributed by atoms with E-state index in [2.05, 4.69) is 23.3 Å². The van der Waals surface area contributed by atoms with E-state index in [1.165, 1.54) is 32.1 Å². The molecule has 2 rings (SSSR count). The van der Waals surface area contributed by atoms with E-state index >= 15 is 0 Å². The molecule has 0 aromatic heterocycles. The molecular weight excluding hydrogens is 282 g/mol.